The number of carbonyl (C=O) groups excluding carboxylic acids is 1. The fourth-order valence-electron chi connectivity index (χ4n) is 3.49. The average molecular weight is 419 g/mol. The minimum atomic E-state index is 0.00149. The summed E-state index contributed by atoms with van der Waals surface area (Å²) >= 11 is 3.46. The fraction of sp³-hybridized carbons (Fsp3) is 0.474. The first-order valence-corrected chi connectivity index (χ1v) is 9.98. The van der Waals surface area contributed by atoms with Crippen LogP contribution in [0.1, 0.15) is 31.4 Å². The molecule has 1 aromatic carbocycles. The number of halogens is 1. The number of urea groups is 1. The molecule has 2 N–H and O–H groups in total. The van der Waals surface area contributed by atoms with Gasteiger partial charge in [-0.05, 0) is 44.4 Å². The standard InChI is InChI=1S/C19H23BrN4O2/c20-14-4-1-3-13(9-14)18-10-17(26-23-18)12-22-19(25)24(15-6-7-15)16-5-2-8-21-11-16/h1,3-4,9-10,15-16,21H,2,5-8,11-12H2,(H,22,25)/t16-/m1/s1. The van der Waals surface area contributed by atoms with Crippen LogP contribution in [0.15, 0.2) is 39.3 Å². The summed E-state index contributed by atoms with van der Waals surface area (Å²) in [6.07, 6.45) is 4.42. The van der Waals surface area contributed by atoms with E-state index in [0.717, 1.165) is 54.5 Å². The lowest BCUT2D eigenvalue weighted by Gasteiger charge is -2.34. The zero-order valence-electron chi connectivity index (χ0n) is 14.6. The summed E-state index contributed by atoms with van der Waals surface area (Å²) in [4.78, 5) is 14.8. The Bertz CT molecular complexity index is 768. The van der Waals surface area contributed by atoms with Gasteiger partial charge in [0, 0.05) is 34.7 Å². The second-order valence-corrected chi connectivity index (χ2v) is 7.90. The van der Waals surface area contributed by atoms with Gasteiger partial charge in [0.2, 0.25) is 0 Å². The molecule has 7 heteroatoms. The van der Waals surface area contributed by atoms with Gasteiger partial charge in [-0.1, -0.05) is 33.2 Å². The maximum Gasteiger partial charge on any atom is 0.318 e. The van der Waals surface area contributed by atoms with Gasteiger partial charge in [-0.25, -0.2) is 4.79 Å². The highest BCUT2D eigenvalue weighted by Crippen LogP contribution is 2.30. The van der Waals surface area contributed by atoms with Gasteiger partial charge in [-0.15, -0.1) is 0 Å². The Kier molecular flexibility index (Phi) is 5.26. The monoisotopic (exact) mass is 418 g/mol. The van der Waals surface area contributed by atoms with Gasteiger partial charge in [0.05, 0.1) is 6.54 Å². The van der Waals surface area contributed by atoms with E-state index < -0.39 is 0 Å². The van der Waals surface area contributed by atoms with Crippen molar-refractivity contribution < 1.29 is 9.32 Å². The van der Waals surface area contributed by atoms with Gasteiger partial charge in [0.15, 0.2) is 5.76 Å². The maximum atomic E-state index is 12.7. The number of piperidine rings is 1. The molecule has 1 aliphatic heterocycles. The van der Waals surface area contributed by atoms with Gasteiger partial charge >= 0.3 is 6.03 Å². The molecule has 4 rings (SSSR count). The Balaban J connectivity index is 1.38. The Morgan fingerprint density at radius 2 is 2.19 bits per heavy atom. The van der Waals surface area contributed by atoms with Crippen molar-refractivity contribution in [3.8, 4) is 11.3 Å². The molecule has 138 valence electrons. The molecule has 0 spiro atoms. The number of rotatable bonds is 5. The summed E-state index contributed by atoms with van der Waals surface area (Å²) in [5.41, 5.74) is 1.75. The van der Waals surface area contributed by atoms with E-state index in [1.165, 1.54) is 0 Å². The first-order chi connectivity index (χ1) is 12.7. The predicted octanol–water partition coefficient (Wildman–Crippen LogP) is 3.53. The largest absolute Gasteiger partial charge is 0.359 e. The number of carbonyl (C=O) groups is 1. The normalized spacial score (nSPS) is 20.0. The van der Waals surface area contributed by atoms with Crippen molar-refractivity contribution in [3.05, 3.63) is 40.6 Å². The number of nitrogens with one attached hydrogen (secondary N) is 2. The molecule has 2 heterocycles. The van der Waals surface area contributed by atoms with Gasteiger partial charge in [0.25, 0.3) is 0 Å². The molecule has 1 saturated heterocycles. The third kappa shape index (κ3) is 4.10. The van der Waals surface area contributed by atoms with E-state index in [-0.39, 0.29) is 6.03 Å². The van der Waals surface area contributed by atoms with E-state index in [9.17, 15) is 4.79 Å². The molecule has 2 aromatic rings. The van der Waals surface area contributed by atoms with E-state index in [2.05, 4.69) is 31.7 Å². The lowest BCUT2D eigenvalue weighted by Crippen LogP contribution is -2.52. The number of hydrogen-bond donors (Lipinski definition) is 2. The third-order valence-corrected chi connectivity index (χ3v) is 5.43. The second-order valence-electron chi connectivity index (χ2n) is 6.99. The van der Waals surface area contributed by atoms with Gasteiger partial charge in [-0.3, -0.25) is 0 Å². The van der Waals surface area contributed by atoms with Crippen LogP contribution in [0.4, 0.5) is 4.79 Å². The smallest absolute Gasteiger partial charge is 0.318 e. The van der Waals surface area contributed by atoms with Crippen molar-refractivity contribution in [2.24, 2.45) is 0 Å². The molecule has 2 aliphatic rings. The van der Waals surface area contributed by atoms with E-state index in [1.54, 1.807) is 0 Å². The second kappa shape index (κ2) is 7.80. The van der Waals surface area contributed by atoms with Crippen LogP contribution in [0.25, 0.3) is 11.3 Å². The number of hydrogen-bond acceptors (Lipinski definition) is 4. The first-order valence-electron chi connectivity index (χ1n) is 9.19. The highest BCUT2D eigenvalue weighted by molar-refractivity contribution is 9.10. The van der Waals surface area contributed by atoms with Crippen molar-refractivity contribution in [1.29, 1.82) is 0 Å². The van der Waals surface area contributed by atoms with Crippen LogP contribution in [-0.2, 0) is 6.54 Å². The van der Waals surface area contributed by atoms with Gasteiger partial charge in [-0.2, -0.15) is 0 Å². The summed E-state index contributed by atoms with van der Waals surface area (Å²) in [5, 5.41) is 10.5. The third-order valence-electron chi connectivity index (χ3n) is 4.93. The Labute approximate surface area is 161 Å². The van der Waals surface area contributed by atoms with Gasteiger partial charge in [0.1, 0.15) is 5.69 Å². The summed E-state index contributed by atoms with van der Waals surface area (Å²) in [6.45, 7) is 2.29. The van der Waals surface area contributed by atoms with Crippen LogP contribution in [-0.4, -0.2) is 41.3 Å². The first kappa shape index (κ1) is 17.5. The zero-order valence-corrected chi connectivity index (χ0v) is 16.2. The van der Waals surface area contributed by atoms with Crippen molar-refractivity contribution in [2.75, 3.05) is 13.1 Å². The van der Waals surface area contributed by atoms with Crippen molar-refractivity contribution in [2.45, 2.75) is 44.3 Å². The van der Waals surface area contributed by atoms with Crippen LogP contribution in [0.2, 0.25) is 0 Å². The molecule has 26 heavy (non-hydrogen) atoms. The molecule has 2 fully saturated rings. The molecule has 2 amide bonds. The lowest BCUT2D eigenvalue weighted by atomic mass is 10.1. The van der Waals surface area contributed by atoms with E-state index >= 15 is 0 Å². The number of benzene rings is 1. The highest BCUT2D eigenvalue weighted by atomic mass is 79.9. The van der Waals surface area contributed by atoms with Crippen LogP contribution in [0, 0.1) is 0 Å². The summed E-state index contributed by atoms with van der Waals surface area (Å²) < 4.78 is 6.39. The van der Waals surface area contributed by atoms with E-state index in [4.69, 9.17) is 4.52 Å². The van der Waals surface area contributed by atoms with Crippen LogP contribution < -0.4 is 10.6 Å². The summed E-state index contributed by atoms with van der Waals surface area (Å²) in [6, 6.07) is 10.5. The molecule has 6 nitrogen and oxygen atoms in total. The van der Waals surface area contributed by atoms with Crippen LogP contribution in [0.3, 0.4) is 0 Å². The zero-order chi connectivity index (χ0) is 17.9. The topological polar surface area (TPSA) is 70.4 Å². The minimum absolute atomic E-state index is 0.00149. The van der Waals surface area contributed by atoms with Crippen LogP contribution >= 0.6 is 15.9 Å². The molecular weight excluding hydrogens is 396 g/mol. The molecule has 1 atom stereocenters. The SMILES string of the molecule is O=C(NCc1cc(-c2cccc(Br)c2)no1)N(C1CC1)[C@@H]1CCCNC1. The Morgan fingerprint density at radius 3 is 2.92 bits per heavy atom. The fourth-order valence-corrected chi connectivity index (χ4v) is 3.89. The number of aromatic nitrogens is 1. The summed E-state index contributed by atoms with van der Waals surface area (Å²) in [5.74, 6) is 0.658. The maximum absolute atomic E-state index is 12.7. The average Bonchev–Trinajstić information content (AvgIpc) is 3.37. The molecule has 1 aromatic heterocycles. The van der Waals surface area contributed by atoms with Crippen molar-refractivity contribution in [1.82, 2.24) is 20.7 Å². The van der Waals surface area contributed by atoms with Crippen molar-refractivity contribution in [3.63, 3.8) is 0 Å². The van der Waals surface area contributed by atoms with E-state index in [0.29, 0.717) is 24.4 Å². The summed E-state index contributed by atoms with van der Waals surface area (Å²) in [7, 11) is 0. The van der Waals surface area contributed by atoms with Crippen molar-refractivity contribution >= 4 is 22.0 Å². The number of nitrogens with zero attached hydrogens (tertiary/aromatic N) is 2. The lowest BCUT2D eigenvalue weighted by molar-refractivity contribution is 0.154. The molecule has 0 bridgehead atoms. The molecule has 0 unspecified atom stereocenters. The van der Waals surface area contributed by atoms with E-state index in [1.807, 2.05) is 35.2 Å². The highest BCUT2D eigenvalue weighted by Gasteiger charge is 2.37. The Morgan fingerprint density at radius 1 is 1.31 bits per heavy atom. The minimum Gasteiger partial charge on any atom is -0.359 e. The Hall–Kier alpha value is -1.86. The quantitative estimate of drug-likeness (QED) is 0.778. The molecule has 1 saturated carbocycles. The molecule has 1 aliphatic carbocycles. The molecule has 0 radical (unpaired) electrons. The number of amides is 2. The predicted molar refractivity (Wildman–Crippen MR) is 103 cm³/mol. The molecular formula is C19H23BrN4O2. The van der Waals surface area contributed by atoms with Gasteiger partial charge < -0.3 is 20.1 Å². The van der Waals surface area contributed by atoms with Crippen LogP contribution in [0.5, 0.6) is 0 Å².